The van der Waals surface area contributed by atoms with Crippen molar-refractivity contribution >= 4 is 11.9 Å². The predicted molar refractivity (Wildman–Crippen MR) is 109 cm³/mol. The minimum Gasteiger partial charge on any atom is -0.353 e. The fourth-order valence-electron chi connectivity index (χ4n) is 5.34. The molecule has 1 atom stereocenters. The highest BCUT2D eigenvalue weighted by Crippen LogP contribution is 2.52. The molecule has 1 spiro atoms. The number of piperidine rings is 1. The maximum atomic E-state index is 12.6. The second-order valence-corrected chi connectivity index (χ2v) is 8.70. The Labute approximate surface area is 166 Å². The first-order valence-corrected chi connectivity index (χ1v) is 10.6. The zero-order chi connectivity index (χ0) is 19.0. The molecule has 1 N–H and O–H groups in total. The van der Waals surface area contributed by atoms with E-state index in [2.05, 4.69) is 44.5 Å². The van der Waals surface area contributed by atoms with Crippen LogP contribution in [0.1, 0.15) is 62.0 Å². The average molecular weight is 377 g/mol. The van der Waals surface area contributed by atoms with Crippen molar-refractivity contribution in [1.82, 2.24) is 15.3 Å². The zero-order valence-electron chi connectivity index (χ0n) is 16.3. The van der Waals surface area contributed by atoms with Crippen LogP contribution in [0.25, 0.3) is 0 Å². The standard InChI is InChI=1S/C23H28N4O/c28-21(26-18-5-3-6-18)15-17-16-23(20-8-2-1-7-19(17)20)9-13-27(14-10-23)22-24-11-4-12-25-22/h1-2,4,7-8,11-12,17-18H,3,5-6,9-10,13-16H2,(H,26,28)/t17-/m0/s1. The smallest absolute Gasteiger partial charge is 0.225 e. The van der Waals surface area contributed by atoms with Crippen LogP contribution in [0.3, 0.4) is 0 Å². The Morgan fingerprint density at radius 3 is 2.57 bits per heavy atom. The van der Waals surface area contributed by atoms with E-state index >= 15 is 0 Å². The van der Waals surface area contributed by atoms with Gasteiger partial charge in [0.2, 0.25) is 11.9 Å². The van der Waals surface area contributed by atoms with Gasteiger partial charge in [0.25, 0.3) is 0 Å². The Kier molecular flexibility index (Phi) is 4.53. The topological polar surface area (TPSA) is 58.1 Å². The quantitative estimate of drug-likeness (QED) is 0.886. The van der Waals surface area contributed by atoms with E-state index in [1.165, 1.54) is 17.5 Å². The Morgan fingerprint density at radius 2 is 1.86 bits per heavy atom. The molecule has 5 nitrogen and oxygen atoms in total. The number of aromatic nitrogens is 2. The monoisotopic (exact) mass is 376 g/mol. The number of nitrogens with one attached hydrogen (secondary N) is 1. The molecule has 28 heavy (non-hydrogen) atoms. The van der Waals surface area contributed by atoms with Gasteiger partial charge in [-0.1, -0.05) is 24.3 Å². The molecule has 0 radical (unpaired) electrons. The average Bonchev–Trinajstić information content (AvgIpc) is 2.99. The van der Waals surface area contributed by atoms with Gasteiger partial charge in [0, 0.05) is 37.9 Å². The van der Waals surface area contributed by atoms with Gasteiger partial charge in [-0.3, -0.25) is 4.79 Å². The van der Waals surface area contributed by atoms with Gasteiger partial charge in [0.05, 0.1) is 0 Å². The fourth-order valence-corrected chi connectivity index (χ4v) is 5.34. The summed E-state index contributed by atoms with van der Waals surface area (Å²) in [6.07, 6.45) is 11.1. The Bertz CT molecular complexity index is 841. The molecule has 1 aromatic heterocycles. The van der Waals surface area contributed by atoms with Crippen molar-refractivity contribution in [3.63, 3.8) is 0 Å². The highest BCUT2D eigenvalue weighted by molar-refractivity contribution is 5.77. The van der Waals surface area contributed by atoms with Gasteiger partial charge >= 0.3 is 0 Å². The molecule has 1 saturated carbocycles. The van der Waals surface area contributed by atoms with Crippen LogP contribution in [-0.4, -0.2) is 35.0 Å². The van der Waals surface area contributed by atoms with Gasteiger partial charge in [-0.05, 0) is 67.1 Å². The number of fused-ring (bicyclic) bond motifs is 2. The molecule has 2 aromatic rings. The van der Waals surface area contributed by atoms with Crippen molar-refractivity contribution < 1.29 is 4.79 Å². The predicted octanol–water partition coefficient (Wildman–Crippen LogP) is 3.56. The molecule has 5 heteroatoms. The number of anilines is 1. The minimum atomic E-state index is 0.198. The molecular weight excluding hydrogens is 348 g/mol. The Hall–Kier alpha value is -2.43. The third kappa shape index (κ3) is 3.17. The summed E-state index contributed by atoms with van der Waals surface area (Å²) >= 11 is 0. The lowest BCUT2D eigenvalue weighted by Crippen LogP contribution is -2.42. The summed E-state index contributed by atoms with van der Waals surface area (Å²) in [5.74, 6) is 1.41. The van der Waals surface area contributed by atoms with Gasteiger partial charge in [0.15, 0.2) is 0 Å². The Balaban J connectivity index is 1.31. The number of carbonyl (C=O) groups is 1. The number of hydrogen-bond acceptors (Lipinski definition) is 4. The largest absolute Gasteiger partial charge is 0.353 e. The van der Waals surface area contributed by atoms with E-state index in [-0.39, 0.29) is 11.3 Å². The van der Waals surface area contributed by atoms with Gasteiger partial charge < -0.3 is 10.2 Å². The van der Waals surface area contributed by atoms with Gasteiger partial charge in [-0.2, -0.15) is 0 Å². The van der Waals surface area contributed by atoms with E-state index < -0.39 is 0 Å². The molecule has 146 valence electrons. The lowest BCUT2D eigenvalue weighted by atomic mass is 9.73. The first-order chi connectivity index (χ1) is 13.7. The second-order valence-electron chi connectivity index (χ2n) is 8.70. The highest BCUT2D eigenvalue weighted by atomic mass is 16.1. The van der Waals surface area contributed by atoms with Crippen LogP contribution < -0.4 is 10.2 Å². The molecule has 5 rings (SSSR count). The van der Waals surface area contributed by atoms with Crippen molar-refractivity contribution in [2.75, 3.05) is 18.0 Å². The van der Waals surface area contributed by atoms with Crippen molar-refractivity contribution in [2.45, 2.75) is 62.3 Å². The van der Waals surface area contributed by atoms with E-state index in [1.807, 2.05) is 18.5 Å². The lowest BCUT2D eigenvalue weighted by molar-refractivity contribution is -0.122. The van der Waals surface area contributed by atoms with E-state index in [0.717, 1.165) is 51.1 Å². The minimum absolute atomic E-state index is 0.198. The molecule has 3 aliphatic rings. The lowest BCUT2D eigenvalue weighted by Gasteiger charge is -2.40. The Morgan fingerprint density at radius 1 is 1.11 bits per heavy atom. The maximum absolute atomic E-state index is 12.6. The number of rotatable bonds is 4. The number of amides is 1. The van der Waals surface area contributed by atoms with Crippen LogP contribution in [0.5, 0.6) is 0 Å². The van der Waals surface area contributed by atoms with Gasteiger partial charge in [0.1, 0.15) is 0 Å². The molecule has 1 aromatic carbocycles. The summed E-state index contributed by atoms with van der Waals surface area (Å²) < 4.78 is 0. The highest BCUT2D eigenvalue weighted by Gasteiger charge is 2.46. The third-order valence-corrected chi connectivity index (χ3v) is 7.07. The normalized spacial score (nSPS) is 23.3. The van der Waals surface area contributed by atoms with E-state index in [4.69, 9.17) is 0 Å². The maximum Gasteiger partial charge on any atom is 0.225 e. The van der Waals surface area contributed by atoms with Crippen LogP contribution in [0.15, 0.2) is 42.7 Å². The summed E-state index contributed by atoms with van der Waals surface area (Å²) in [4.78, 5) is 23.7. The van der Waals surface area contributed by atoms with E-state index in [1.54, 1.807) is 0 Å². The van der Waals surface area contributed by atoms with Crippen molar-refractivity contribution in [3.05, 3.63) is 53.9 Å². The van der Waals surface area contributed by atoms with Crippen molar-refractivity contribution in [1.29, 1.82) is 0 Å². The first kappa shape index (κ1) is 17.7. The molecule has 2 heterocycles. The summed E-state index contributed by atoms with van der Waals surface area (Å²) in [5, 5.41) is 3.23. The van der Waals surface area contributed by atoms with Crippen molar-refractivity contribution in [2.24, 2.45) is 0 Å². The summed E-state index contributed by atoms with van der Waals surface area (Å²) in [7, 11) is 0. The summed E-state index contributed by atoms with van der Waals surface area (Å²) in [6, 6.07) is 11.1. The van der Waals surface area contributed by atoms with Crippen LogP contribution in [0.4, 0.5) is 5.95 Å². The zero-order valence-corrected chi connectivity index (χ0v) is 16.3. The molecule has 0 unspecified atom stereocenters. The number of benzene rings is 1. The number of hydrogen-bond donors (Lipinski definition) is 1. The summed E-state index contributed by atoms with van der Waals surface area (Å²) in [5.41, 5.74) is 3.07. The molecule has 1 saturated heterocycles. The van der Waals surface area contributed by atoms with E-state index in [0.29, 0.717) is 18.4 Å². The molecular formula is C23H28N4O. The van der Waals surface area contributed by atoms with Crippen LogP contribution >= 0.6 is 0 Å². The number of carbonyl (C=O) groups excluding carboxylic acids is 1. The number of nitrogens with zero attached hydrogens (tertiary/aromatic N) is 3. The third-order valence-electron chi connectivity index (χ3n) is 7.07. The van der Waals surface area contributed by atoms with Crippen molar-refractivity contribution in [3.8, 4) is 0 Å². The first-order valence-electron chi connectivity index (χ1n) is 10.6. The fraction of sp³-hybridized carbons (Fsp3) is 0.522. The molecule has 2 aliphatic carbocycles. The van der Waals surface area contributed by atoms with Crippen LogP contribution in [-0.2, 0) is 10.2 Å². The second kappa shape index (κ2) is 7.19. The van der Waals surface area contributed by atoms with Crippen LogP contribution in [0, 0.1) is 0 Å². The van der Waals surface area contributed by atoms with Crippen LogP contribution in [0.2, 0.25) is 0 Å². The van der Waals surface area contributed by atoms with Gasteiger partial charge in [-0.25, -0.2) is 9.97 Å². The van der Waals surface area contributed by atoms with E-state index in [9.17, 15) is 4.79 Å². The SMILES string of the molecule is O=C(C[C@H]1CC2(CCN(c3ncccn3)CC2)c2ccccc21)NC1CCC1. The molecule has 1 aliphatic heterocycles. The van der Waals surface area contributed by atoms with Gasteiger partial charge in [-0.15, -0.1) is 0 Å². The molecule has 0 bridgehead atoms. The summed E-state index contributed by atoms with van der Waals surface area (Å²) in [6.45, 7) is 1.94. The molecule has 2 fully saturated rings. The molecule has 1 amide bonds.